The number of fused-ring (bicyclic) bond motifs is 5. The topological polar surface area (TPSA) is 34.0 Å². The third kappa shape index (κ3) is 3.14. The van der Waals surface area contributed by atoms with Crippen molar-refractivity contribution in [2.75, 3.05) is 5.32 Å². The molecule has 0 fully saturated rings. The molecule has 1 aliphatic heterocycles. The lowest BCUT2D eigenvalue weighted by Crippen LogP contribution is -2.34. The molecule has 2 heterocycles. The highest BCUT2D eigenvalue weighted by Crippen LogP contribution is 2.53. The number of carbonyl (C=O) groups is 1. The van der Waals surface area contributed by atoms with E-state index >= 15 is 0 Å². The average Bonchev–Trinajstić information content (AvgIpc) is 3.11. The van der Waals surface area contributed by atoms with Crippen LogP contribution >= 0.6 is 23.2 Å². The van der Waals surface area contributed by atoms with Gasteiger partial charge < -0.3 is 9.88 Å². The summed E-state index contributed by atoms with van der Waals surface area (Å²) < 4.78 is 2.35. The van der Waals surface area contributed by atoms with Crippen molar-refractivity contribution >= 4 is 56.5 Å². The van der Waals surface area contributed by atoms with Gasteiger partial charge in [-0.2, -0.15) is 0 Å². The van der Waals surface area contributed by atoms with Crippen LogP contribution in [0.3, 0.4) is 0 Å². The maximum Gasteiger partial charge on any atom is 0.162 e. The minimum Gasteiger partial charge on any atom is -0.358 e. The molecule has 2 aliphatic rings. The standard InChI is InChI=1S/C29H26Cl2N2O/c1-4-33-22-8-6-5-7-18(22)25-23(33)12-11-20-28(25)26(17-10-9-16(30)13-19(17)31)27-21(32-20)14-29(2,3)15-24(27)34/h5-13,26,32H,4,14-15H2,1-3H3. The molecule has 0 spiro atoms. The van der Waals surface area contributed by atoms with Crippen LogP contribution in [0.2, 0.25) is 10.0 Å². The number of halogens is 2. The fraction of sp³-hybridized carbons (Fsp3) is 0.276. The van der Waals surface area contributed by atoms with Gasteiger partial charge in [-0.1, -0.05) is 61.3 Å². The van der Waals surface area contributed by atoms with Crippen LogP contribution < -0.4 is 5.32 Å². The predicted molar refractivity (Wildman–Crippen MR) is 142 cm³/mol. The van der Waals surface area contributed by atoms with Crippen LogP contribution in [0.1, 0.15) is 50.7 Å². The predicted octanol–water partition coefficient (Wildman–Crippen LogP) is 8.32. The van der Waals surface area contributed by atoms with Gasteiger partial charge in [0.05, 0.1) is 0 Å². The zero-order chi connectivity index (χ0) is 23.8. The molecule has 1 unspecified atom stereocenters. The first-order chi connectivity index (χ1) is 16.3. The highest BCUT2D eigenvalue weighted by molar-refractivity contribution is 6.35. The van der Waals surface area contributed by atoms with Crippen molar-refractivity contribution in [1.29, 1.82) is 0 Å². The Hall–Kier alpha value is -2.75. The van der Waals surface area contributed by atoms with E-state index in [4.69, 9.17) is 23.2 Å². The average molecular weight is 489 g/mol. The Morgan fingerprint density at radius 2 is 1.82 bits per heavy atom. The minimum atomic E-state index is -0.251. The number of carbonyl (C=O) groups excluding carboxylic acids is 1. The van der Waals surface area contributed by atoms with E-state index in [1.165, 1.54) is 21.8 Å². The van der Waals surface area contributed by atoms with Crippen molar-refractivity contribution in [3.8, 4) is 0 Å². The van der Waals surface area contributed by atoms with E-state index in [9.17, 15) is 4.79 Å². The Morgan fingerprint density at radius 3 is 2.59 bits per heavy atom. The van der Waals surface area contributed by atoms with Gasteiger partial charge in [-0.25, -0.2) is 0 Å². The summed E-state index contributed by atoms with van der Waals surface area (Å²) in [6.45, 7) is 7.36. The van der Waals surface area contributed by atoms with E-state index < -0.39 is 0 Å². The molecule has 3 aromatic carbocycles. The third-order valence-electron chi connectivity index (χ3n) is 7.35. The summed E-state index contributed by atoms with van der Waals surface area (Å²) in [6, 6.07) is 18.5. The fourth-order valence-corrected chi connectivity index (χ4v) is 6.57. The summed E-state index contributed by atoms with van der Waals surface area (Å²) in [4.78, 5) is 13.7. The number of anilines is 1. The van der Waals surface area contributed by atoms with E-state index in [0.29, 0.717) is 16.5 Å². The fourth-order valence-electron chi connectivity index (χ4n) is 6.05. The summed E-state index contributed by atoms with van der Waals surface area (Å²) in [5.74, 6) is -0.0592. The van der Waals surface area contributed by atoms with E-state index in [1.54, 1.807) is 6.07 Å². The molecule has 0 saturated carbocycles. The third-order valence-corrected chi connectivity index (χ3v) is 7.91. The number of benzene rings is 3. The number of para-hydroxylation sites is 1. The van der Waals surface area contributed by atoms with Gasteiger partial charge in [-0.15, -0.1) is 0 Å². The summed E-state index contributed by atoms with van der Waals surface area (Å²) in [5, 5.41) is 7.24. The lowest BCUT2D eigenvalue weighted by atomic mass is 9.68. The second kappa shape index (κ2) is 7.63. The summed E-state index contributed by atoms with van der Waals surface area (Å²) in [6.07, 6.45) is 1.35. The second-order valence-corrected chi connectivity index (χ2v) is 11.1. The monoisotopic (exact) mass is 488 g/mol. The number of ketones is 1. The number of aromatic nitrogens is 1. The van der Waals surface area contributed by atoms with Gasteiger partial charge in [0.1, 0.15) is 0 Å². The number of rotatable bonds is 2. The summed E-state index contributed by atoms with van der Waals surface area (Å²) in [7, 11) is 0. The van der Waals surface area contributed by atoms with E-state index in [1.807, 2.05) is 12.1 Å². The molecule has 0 radical (unpaired) electrons. The number of Topliss-reactive ketones (excluding diaryl/α,β-unsaturated/α-hetero) is 1. The van der Waals surface area contributed by atoms with E-state index in [-0.39, 0.29) is 17.1 Å². The molecule has 0 amide bonds. The van der Waals surface area contributed by atoms with Gasteiger partial charge in [-0.05, 0) is 60.2 Å². The normalized spacial score (nSPS) is 19.3. The molecule has 172 valence electrons. The van der Waals surface area contributed by atoms with E-state index in [2.05, 4.69) is 67.1 Å². The Labute approximate surface area is 209 Å². The van der Waals surface area contributed by atoms with Gasteiger partial charge in [0.15, 0.2) is 5.78 Å². The van der Waals surface area contributed by atoms with Crippen molar-refractivity contribution in [2.45, 2.75) is 46.1 Å². The van der Waals surface area contributed by atoms with Crippen molar-refractivity contribution in [1.82, 2.24) is 4.57 Å². The molecule has 1 aliphatic carbocycles. The molecular formula is C29H26Cl2N2O. The molecule has 1 N–H and O–H groups in total. The molecular weight excluding hydrogens is 463 g/mol. The van der Waals surface area contributed by atoms with E-state index in [0.717, 1.165) is 41.1 Å². The largest absolute Gasteiger partial charge is 0.358 e. The number of aryl methyl sites for hydroxylation is 1. The molecule has 1 aromatic heterocycles. The number of allylic oxidation sites excluding steroid dienone is 2. The first-order valence-corrected chi connectivity index (χ1v) is 12.6. The van der Waals surface area contributed by atoms with Gasteiger partial charge in [0.2, 0.25) is 0 Å². The van der Waals surface area contributed by atoms with Crippen LogP contribution in [0, 0.1) is 5.41 Å². The second-order valence-electron chi connectivity index (χ2n) is 10.2. The zero-order valence-electron chi connectivity index (χ0n) is 19.5. The molecule has 3 nitrogen and oxygen atoms in total. The number of nitrogens with one attached hydrogen (secondary N) is 1. The van der Waals surface area contributed by atoms with Crippen LogP contribution in [-0.2, 0) is 11.3 Å². The summed E-state index contributed by atoms with van der Waals surface area (Å²) in [5.41, 5.74) is 7.24. The molecule has 6 rings (SSSR count). The van der Waals surface area contributed by atoms with Crippen molar-refractivity contribution in [3.63, 3.8) is 0 Å². The van der Waals surface area contributed by atoms with Crippen LogP contribution in [0.15, 0.2) is 65.9 Å². The van der Waals surface area contributed by atoms with Gasteiger partial charge in [0.25, 0.3) is 0 Å². The van der Waals surface area contributed by atoms with Crippen LogP contribution in [0.25, 0.3) is 21.8 Å². The highest BCUT2D eigenvalue weighted by atomic mass is 35.5. The first kappa shape index (κ1) is 21.8. The minimum absolute atomic E-state index is 0.0862. The van der Waals surface area contributed by atoms with Crippen molar-refractivity contribution in [3.05, 3.63) is 87.0 Å². The lowest BCUT2D eigenvalue weighted by Gasteiger charge is -2.40. The molecule has 34 heavy (non-hydrogen) atoms. The number of hydrogen-bond donors (Lipinski definition) is 1. The lowest BCUT2D eigenvalue weighted by molar-refractivity contribution is -0.118. The first-order valence-electron chi connectivity index (χ1n) is 11.8. The maximum atomic E-state index is 13.7. The van der Waals surface area contributed by atoms with Crippen molar-refractivity contribution in [2.24, 2.45) is 5.41 Å². The molecule has 0 bridgehead atoms. The van der Waals surface area contributed by atoms with Crippen LogP contribution in [-0.4, -0.2) is 10.4 Å². The quantitative estimate of drug-likeness (QED) is 0.307. The maximum absolute atomic E-state index is 13.7. The van der Waals surface area contributed by atoms with Gasteiger partial charge in [0, 0.05) is 67.7 Å². The number of nitrogens with zero attached hydrogens (tertiary/aromatic N) is 1. The Bertz CT molecular complexity index is 1540. The van der Waals surface area contributed by atoms with Crippen molar-refractivity contribution < 1.29 is 4.79 Å². The SMILES string of the molecule is CCn1c2ccccc2c2c3c(ccc21)NC1=C(C(=O)CC(C)(C)C1)C3c1ccc(Cl)cc1Cl. The summed E-state index contributed by atoms with van der Waals surface area (Å²) >= 11 is 13.1. The van der Waals surface area contributed by atoms with Crippen LogP contribution in [0.4, 0.5) is 5.69 Å². The van der Waals surface area contributed by atoms with Gasteiger partial charge in [-0.3, -0.25) is 4.79 Å². The number of hydrogen-bond acceptors (Lipinski definition) is 2. The smallest absolute Gasteiger partial charge is 0.162 e. The zero-order valence-corrected chi connectivity index (χ0v) is 21.0. The highest BCUT2D eigenvalue weighted by Gasteiger charge is 2.42. The molecule has 0 saturated heterocycles. The molecule has 4 aromatic rings. The molecule has 5 heteroatoms. The molecule has 1 atom stereocenters. The Balaban J connectivity index is 1.74. The Kier molecular flexibility index (Phi) is 4.88. The Morgan fingerprint density at radius 1 is 1.03 bits per heavy atom. The van der Waals surface area contributed by atoms with Gasteiger partial charge >= 0.3 is 0 Å². The van der Waals surface area contributed by atoms with Crippen LogP contribution in [0.5, 0.6) is 0 Å².